The first-order chi connectivity index (χ1) is 5.88. The van der Waals surface area contributed by atoms with E-state index in [9.17, 15) is 0 Å². The molecule has 1 fully saturated rings. The van der Waals surface area contributed by atoms with E-state index in [1.54, 1.807) is 0 Å². The minimum absolute atomic E-state index is 0.669. The molecule has 0 radical (unpaired) electrons. The van der Waals surface area contributed by atoms with Gasteiger partial charge in [-0.1, -0.05) is 13.3 Å². The Morgan fingerprint density at radius 3 is 2.58 bits per heavy atom. The molecule has 1 heterocycles. The number of hydrogen-bond donors (Lipinski definition) is 0. The molecule has 0 bridgehead atoms. The smallest absolute Gasteiger partial charge is 0.0242 e. The zero-order valence-corrected chi connectivity index (χ0v) is 8.05. The molecule has 0 aromatic carbocycles. The third-order valence-electron chi connectivity index (χ3n) is 2.63. The van der Waals surface area contributed by atoms with Crippen molar-refractivity contribution in [2.24, 2.45) is 0 Å². The van der Waals surface area contributed by atoms with Gasteiger partial charge in [0.05, 0.1) is 0 Å². The number of rotatable bonds is 4. The van der Waals surface area contributed by atoms with Crippen molar-refractivity contribution in [3.8, 4) is 12.3 Å². The summed E-state index contributed by atoms with van der Waals surface area (Å²) in [7, 11) is 0. The molecule has 0 saturated carbocycles. The fourth-order valence-electron chi connectivity index (χ4n) is 1.99. The van der Waals surface area contributed by atoms with E-state index in [0.717, 1.165) is 6.42 Å². The lowest BCUT2D eigenvalue weighted by atomic mass is 10.1. The van der Waals surface area contributed by atoms with E-state index < -0.39 is 0 Å². The summed E-state index contributed by atoms with van der Waals surface area (Å²) in [4.78, 5) is 2.56. The largest absolute Gasteiger partial charge is 0.299 e. The molecule has 1 aliphatic rings. The lowest BCUT2D eigenvalue weighted by molar-refractivity contribution is 0.232. The van der Waals surface area contributed by atoms with Crippen molar-refractivity contribution < 1.29 is 0 Å². The van der Waals surface area contributed by atoms with E-state index in [1.165, 1.54) is 38.8 Å². The summed E-state index contributed by atoms with van der Waals surface area (Å²) in [5, 5.41) is 0. The van der Waals surface area contributed by atoms with Crippen LogP contribution < -0.4 is 0 Å². The maximum Gasteiger partial charge on any atom is 0.0242 e. The molecule has 1 atom stereocenters. The summed E-state index contributed by atoms with van der Waals surface area (Å²) in [6.45, 7) is 4.78. The molecule has 1 aliphatic heterocycles. The van der Waals surface area contributed by atoms with Crippen LogP contribution >= 0.6 is 0 Å². The van der Waals surface area contributed by atoms with Crippen molar-refractivity contribution in [2.75, 3.05) is 13.1 Å². The second-order valence-corrected chi connectivity index (χ2v) is 3.59. The number of terminal acetylenes is 1. The van der Waals surface area contributed by atoms with Crippen LogP contribution in [0.2, 0.25) is 0 Å². The van der Waals surface area contributed by atoms with Gasteiger partial charge in [-0.25, -0.2) is 0 Å². The molecule has 1 saturated heterocycles. The van der Waals surface area contributed by atoms with E-state index in [0.29, 0.717) is 6.04 Å². The van der Waals surface area contributed by atoms with E-state index in [-0.39, 0.29) is 0 Å². The topological polar surface area (TPSA) is 3.24 Å². The summed E-state index contributed by atoms with van der Waals surface area (Å²) in [6.07, 6.45) is 11.5. The molecule has 1 heteroatoms. The molecule has 68 valence electrons. The molecule has 12 heavy (non-hydrogen) atoms. The van der Waals surface area contributed by atoms with Gasteiger partial charge in [-0.3, -0.25) is 4.90 Å². The fraction of sp³-hybridized carbons (Fsp3) is 0.818. The molecule has 0 aromatic rings. The standard InChI is InChI=1S/C11H19N/c1-3-7-11(8-4-2)12-9-5-6-10-12/h1,11H,4-10H2,2H3. The highest BCUT2D eigenvalue weighted by molar-refractivity contribution is 4.91. The quantitative estimate of drug-likeness (QED) is 0.578. The zero-order chi connectivity index (χ0) is 8.81. The fourth-order valence-corrected chi connectivity index (χ4v) is 1.99. The molecule has 0 N–H and O–H groups in total. The van der Waals surface area contributed by atoms with Crippen molar-refractivity contribution in [1.29, 1.82) is 0 Å². The third-order valence-corrected chi connectivity index (χ3v) is 2.63. The lowest BCUT2D eigenvalue weighted by Crippen LogP contribution is -2.32. The van der Waals surface area contributed by atoms with Gasteiger partial charge in [-0.15, -0.1) is 12.3 Å². The highest BCUT2D eigenvalue weighted by Gasteiger charge is 2.19. The number of hydrogen-bond acceptors (Lipinski definition) is 1. The Balaban J connectivity index is 2.35. The molecule has 0 amide bonds. The van der Waals surface area contributed by atoms with E-state index in [4.69, 9.17) is 6.42 Å². The maximum atomic E-state index is 5.35. The summed E-state index contributed by atoms with van der Waals surface area (Å²) in [5.41, 5.74) is 0. The first kappa shape index (κ1) is 9.61. The molecular weight excluding hydrogens is 146 g/mol. The van der Waals surface area contributed by atoms with Crippen molar-refractivity contribution in [2.45, 2.75) is 45.1 Å². The first-order valence-electron chi connectivity index (χ1n) is 5.06. The van der Waals surface area contributed by atoms with Crippen LogP contribution in [-0.4, -0.2) is 24.0 Å². The lowest BCUT2D eigenvalue weighted by Gasteiger charge is -2.25. The molecular formula is C11H19N. The van der Waals surface area contributed by atoms with Crippen LogP contribution in [0.4, 0.5) is 0 Å². The van der Waals surface area contributed by atoms with Crippen LogP contribution in [0.15, 0.2) is 0 Å². The molecule has 1 unspecified atom stereocenters. The van der Waals surface area contributed by atoms with Crippen LogP contribution in [0.1, 0.15) is 39.0 Å². The average molecular weight is 165 g/mol. The van der Waals surface area contributed by atoms with Crippen LogP contribution in [-0.2, 0) is 0 Å². The van der Waals surface area contributed by atoms with Crippen molar-refractivity contribution >= 4 is 0 Å². The Hall–Kier alpha value is -0.480. The van der Waals surface area contributed by atoms with Gasteiger partial charge in [-0.05, 0) is 32.4 Å². The Bertz CT molecular complexity index is 151. The molecule has 1 rings (SSSR count). The normalized spacial score (nSPS) is 20.7. The minimum Gasteiger partial charge on any atom is -0.299 e. The highest BCUT2D eigenvalue weighted by atomic mass is 15.2. The first-order valence-corrected chi connectivity index (χ1v) is 5.06. The summed E-state index contributed by atoms with van der Waals surface area (Å²) < 4.78 is 0. The van der Waals surface area contributed by atoms with Gasteiger partial charge in [0, 0.05) is 12.5 Å². The Labute approximate surface area is 76.1 Å². The monoisotopic (exact) mass is 165 g/mol. The molecule has 1 nitrogen and oxygen atoms in total. The van der Waals surface area contributed by atoms with Gasteiger partial charge in [0.15, 0.2) is 0 Å². The third kappa shape index (κ3) is 2.53. The van der Waals surface area contributed by atoms with Gasteiger partial charge in [-0.2, -0.15) is 0 Å². The van der Waals surface area contributed by atoms with Crippen LogP contribution in [0.5, 0.6) is 0 Å². The average Bonchev–Trinajstić information content (AvgIpc) is 2.56. The predicted octanol–water partition coefficient (Wildman–Crippen LogP) is 2.27. The van der Waals surface area contributed by atoms with Gasteiger partial charge in [0.2, 0.25) is 0 Å². The van der Waals surface area contributed by atoms with E-state index >= 15 is 0 Å². The summed E-state index contributed by atoms with van der Waals surface area (Å²) >= 11 is 0. The predicted molar refractivity (Wildman–Crippen MR) is 53.0 cm³/mol. The zero-order valence-electron chi connectivity index (χ0n) is 8.05. The Kier molecular flexibility index (Phi) is 4.18. The number of likely N-dealkylation sites (tertiary alicyclic amines) is 1. The van der Waals surface area contributed by atoms with E-state index in [1.807, 2.05) is 0 Å². The Morgan fingerprint density at radius 2 is 2.08 bits per heavy atom. The minimum atomic E-state index is 0.669. The van der Waals surface area contributed by atoms with Gasteiger partial charge < -0.3 is 0 Å². The summed E-state index contributed by atoms with van der Waals surface area (Å²) in [5.74, 6) is 2.79. The summed E-state index contributed by atoms with van der Waals surface area (Å²) in [6, 6.07) is 0.669. The van der Waals surface area contributed by atoms with E-state index in [2.05, 4.69) is 17.7 Å². The molecule has 0 spiro atoms. The SMILES string of the molecule is C#CCC(CCC)N1CCCC1. The van der Waals surface area contributed by atoms with Gasteiger partial charge in [0.1, 0.15) is 0 Å². The van der Waals surface area contributed by atoms with Crippen molar-refractivity contribution in [1.82, 2.24) is 4.90 Å². The van der Waals surface area contributed by atoms with Crippen LogP contribution in [0.25, 0.3) is 0 Å². The number of nitrogens with zero attached hydrogens (tertiary/aromatic N) is 1. The van der Waals surface area contributed by atoms with Crippen LogP contribution in [0.3, 0.4) is 0 Å². The maximum absolute atomic E-state index is 5.35. The van der Waals surface area contributed by atoms with Gasteiger partial charge >= 0.3 is 0 Å². The Morgan fingerprint density at radius 1 is 1.42 bits per heavy atom. The molecule has 0 aliphatic carbocycles. The molecule has 0 aromatic heterocycles. The highest BCUT2D eigenvalue weighted by Crippen LogP contribution is 2.17. The van der Waals surface area contributed by atoms with Crippen molar-refractivity contribution in [3.05, 3.63) is 0 Å². The second kappa shape index (κ2) is 5.22. The van der Waals surface area contributed by atoms with Crippen LogP contribution in [0, 0.1) is 12.3 Å². The van der Waals surface area contributed by atoms with Gasteiger partial charge in [0.25, 0.3) is 0 Å². The second-order valence-electron chi connectivity index (χ2n) is 3.59. The van der Waals surface area contributed by atoms with Crippen molar-refractivity contribution in [3.63, 3.8) is 0 Å².